The first-order valence-corrected chi connectivity index (χ1v) is 8.00. The zero-order chi connectivity index (χ0) is 15.4. The van der Waals surface area contributed by atoms with Crippen LogP contribution in [-0.4, -0.2) is 6.54 Å². The van der Waals surface area contributed by atoms with E-state index in [2.05, 4.69) is 69.4 Å². The van der Waals surface area contributed by atoms with Crippen molar-refractivity contribution < 1.29 is 0 Å². The molecule has 0 saturated heterocycles. The molecule has 0 aliphatic rings. The minimum absolute atomic E-state index is 0.283. The van der Waals surface area contributed by atoms with E-state index in [1.165, 1.54) is 27.8 Å². The van der Waals surface area contributed by atoms with Gasteiger partial charge >= 0.3 is 0 Å². The van der Waals surface area contributed by atoms with Crippen molar-refractivity contribution in [1.29, 1.82) is 0 Å². The smallest absolute Gasteiger partial charge is 0.0459 e. The van der Waals surface area contributed by atoms with E-state index < -0.39 is 0 Å². The van der Waals surface area contributed by atoms with Gasteiger partial charge in [0.25, 0.3) is 0 Å². The van der Waals surface area contributed by atoms with Gasteiger partial charge in [-0.05, 0) is 56.5 Å². The monoisotopic (exact) mass is 301 g/mol. The summed E-state index contributed by atoms with van der Waals surface area (Å²) in [5.74, 6) is 0. The van der Waals surface area contributed by atoms with Crippen LogP contribution >= 0.6 is 11.6 Å². The van der Waals surface area contributed by atoms with Crippen LogP contribution in [0, 0.1) is 13.8 Å². The van der Waals surface area contributed by atoms with Crippen LogP contribution in [0.15, 0.2) is 36.4 Å². The maximum Gasteiger partial charge on any atom is 0.0459 e. The second kappa shape index (κ2) is 7.11. The minimum Gasteiger partial charge on any atom is -0.310 e. The minimum atomic E-state index is 0.283. The Morgan fingerprint density at radius 2 is 1.67 bits per heavy atom. The van der Waals surface area contributed by atoms with Crippen molar-refractivity contribution in [3.8, 4) is 11.1 Å². The first-order chi connectivity index (χ1) is 10.0. The predicted octanol–water partition coefficient (Wildman–Crippen LogP) is 5.68. The van der Waals surface area contributed by atoms with Crippen LogP contribution in [0.5, 0.6) is 0 Å². The van der Waals surface area contributed by atoms with Gasteiger partial charge in [0.15, 0.2) is 0 Å². The van der Waals surface area contributed by atoms with Crippen LogP contribution in [0.25, 0.3) is 11.1 Å². The van der Waals surface area contributed by atoms with Crippen molar-refractivity contribution in [2.24, 2.45) is 0 Å². The molecule has 0 spiro atoms. The van der Waals surface area contributed by atoms with Crippen molar-refractivity contribution in [2.45, 2.75) is 40.2 Å². The molecule has 0 heterocycles. The van der Waals surface area contributed by atoms with Gasteiger partial charge in [-0.3, -0.25) is 0 Å². The van der Waals surface area contributed by atoms with E-state index in [0.29, 0.717) is 0 Å². The Balaban J connectivity index is 2.30. The lowest BCUT2D eigenvalue weighted by Crippen LogP contribution is -2.19. The number of rotatable bonds is 5. The van der Waals surface area contributed by atoms with Gasteiger partial charge in [0.1, 0.15) is 0 Å². The number of aryl methyl sites for hydroxylation is 2. The Kier molecular flexibility index (Phi) is 5.44. The second-order valence-electron chi connectivity index (χ2n) is 5.79. The van der Waals surface area contributed by atoms with Gasteiger partial charge in [-0.25, -0.2) is 0 Å². The highest BCUT2D eigenvalue weighted by molar-refractivity contribution is 6.31. The van der Waals surface area contributed by atoms with E-state index >= 15 is 0 Å². The molecule has 1 atom stereocenters. The summed E-state index contributed by atoms with van der Waals surface area (Å²) < 4.78 is 0. The van der Waals surface area contributed by atoms with E-state index in [1.807, 2.05) is 0 Å². The molecule has 2 rings (SSSR count). The fourth-order valence-corrected chi connectivity index (χ4v) is 3.01. The Bertz CT molecular complexity index is 599. The molecule has 2 aromatic rings. The molecule has 0 radical (unpaired) electrons. The summed E-state index contributed by atoms with van der Waals surface area (Å²) in [7, 11) is 0. The van der Waals surface area contributed by atoms with Gasteiger partial charge in [0.2, 0.25) is 0 Å². The normalized spacial score (nSPS) is 12.4. The van der Waals surface area contributed by atoms with Crippen LogP contribution < -0.4 is 5.32 Å². The molecular formula is C19H24ClN. The highest BCUT2D eigenvalue weighted by Gasteiger charge is 2.10. The van der Waals surface area contributed by atoms with Gasteiger partial charge in [-0.1, -0.05) is 60.0 Å². The van der Waals surface area contributed by atoms with Crippen molar-refractivity contribution in [1.82, 2.24) is 5.32 Å². The number of nitrogens with one attached hydrogen (secondary N) is 1. The lowest BCUT2D eigenvalue weighted by Gasteiger charge is -2.16. The zero-order valence-corrected chi connectivity index (χ0v) is 14.1. The lowest BCUT2D eigenvalue weighted by molar-refractivity contribution is 0.571. The third-order valence-electron chi connectivity index (χ3n) is 3.72. The van der Waals surface area contributed by atoms with Crippen LogP contribution in [0.3, 0.4) is 0 Å². The summed E-state index contributed by atoms with van der Waals surface area (Å²) in [5.41, 5.74) is 6.14. The van der Waals surface area contributed by atoms with Gasteiger partial charge in [-0.15, -0.1) is 0 Å². The molecule has 0 fully saturated rings. The lowest BCUT2D eigenvalue weighted by atomic mass is 9.98. The third-order valence-corrected chi connectivity index (χ3v) is 4.05. The van der Waals surface area contributed by atoms with Gasteiger partial charge in [-0.2, -0.15) is 0 Å². The molecule has 0 saturated carbocycles. The van der Waals surface area contributed by atoms with E-state index in [1.54, 1.807) is 0 Å². The molecular weight excluding hydrogens is 278 g/mol. The fraction of sp³-hybridized carbons (Fsp3) is 0.368. The average Bonchev–Trinajstić information content (AvgIpc) is 2.43. The van der Waals surface area contributed by atoms with Crippen LogP contribution in [0.4, 0.5) is 0 Å². The molecule has 1 N–H and O–H groups in total. The maximum absolute atomic E-state index is 6.49. The standard InChI is InChI=1S/C19H24ClN/c1-5-8-21-15(4)18-7-6-16(12-19(18)20)17-10-13(2)9-14(3)11-17/h6-7,9-12,15,21H,5,8H2,1-4H3. The Labute approximate surface area is 133 Å². The van der Waals surface area contributed by atoms with Crippen molar-refractivity contribution in [3.63, 3.8) is 0 Å². The SMILES string of the molecule is CCCNC(C)c1ccc(-c2cc(C)cc(C)c2)cc1Cl. The van der Waals surface area contributed by atoms with Crippen molar-refractivity contribution >= 4 is 11.6 Å². The summed E-state index contributed by atoms with van der Waals surface area (Å²) in [5, 5.41) is 4.32. The molecule has 21 heavy (non-hydrogen) atoms. The van der Waals surface area contributed by atoms with E-state index in [4.69, 9.17) is 11.6 Å². The number of hydrogen-bond acceptors (Lipinski definition) is 1. The van der Waals surface area contributed by atoms with E-state index in [9.17, 15) is 0 Å². The Hall–Kier alpha value is -1.31. The molecule has 0 aromatic heterocycles. The number of benzene rings is 2. The first-order valence-electron chi connectivity index (χ1n) is 7.62. The summed E-state index contributed by atoms with van der Waals surface area (Å²) >= 11 is 6.49. The molecule has 0 aliphatic heterocycles. The number of halogens is 1. The van der Waals surface area contributed by atoms with Gasteiger partial charge < -0.3 is 5.32 Å². The van der Waals surface area contributed by atoms with Gasteiger partial charge in [0, 0.05) is 11.1 Å². The molecule has 0 bridgehead atoms. The van der Waals surface area contributed by atoms with E-state index in [0.717, 1.165) is 18.0 Å². The fourth-order valence-electron chi connectivity index (χ4n) is 2.67. The maximum atomic E-state index is 6.49. The van der Waals surface area contributed by atoms with Crippen LogP contribution in [0.1, 0.15) is 43.0 Å². The quantitative estimate of drug-likeness (QED) is 0.748. The average molecular weight is 302 g/mol. The topological polar surface area (TPSA) is 12.0 Å². The molecule has 2 aromatic carbocycles. The Morgan fingerprint density at radius 1 is 1.00 bits per heavy atom. The summed E-state index contributed by atoms with van der Waals surface area (Å²) in [6.07, 6.45) is 1.13. The van der Waals surface area contributed by atoms with E-state index in [-0.39, 0.29) is 6.04 Å². The predicted molar refractivity (Wildman–Crippen MR) is 93.1 cm³/mol. The highest BCUT2D eigenvalue weighted by Crippen LogP contribution is 2.30. The second-order valence-corrected chi connectivity index (χ2v) is 6.20. The summed E-state index contributed by atoms with van der Waals surface area (Å²) in [6, 6.07) is 13.3. The molecule has 1 unspecified atom stereocenters. The highest BCUT2D eigenvalue weighted by atomic mass is 35.5. The molecule has 1 nitrogen and oxygen atoms in total. The van der Waals surface area contributed by atoms with Crippen LogP contribution in [-0.2, 0) is 0 Å². The van der Waals surface area contributed by atoms with Gasteiger partial charge in [0.05, 0.1) is 0 Å². The summed E-state index contributed by atoms with van der Waals surface area (Å²) in [4.78, 5) is 0. The number of hydrogen-bond donors (Lipinski definition) is 1. The molecule has 0 amide bonds. The Morgan fingerprint density at radius 3 is 2.24 bits per heavy atom. The first kappa shape index (κ1) is 16.1. The van der Waals surface area contributed by atoms with Crippen molar-refractivity contribution in [3.05, 3.63) is 58.1 Å². The molecule has 0 aliphatic carbocycles. The zero-order valence-electron chi connectivity index (χ0n) is 13.3. The molecule has 112 valence electrons. The third kappa shape index (κ3) is 4.09. The molecule has 2 heteroatoms. The summed E-state index contributed by atoms with van der Waals surface area (Å²) in [6.45, 7) is 9.60. The van der Waals surface area contributed by atoms with Crippen molar-refractivity contribution in [2.75, 3.05) is 6.54 Å². The largest absolute Gasteiger partial charge is 0.310 e. The van der Waals surface area contributed by atoms with Crippen LogP contribution in [0.2, 0.25) is 5.02 Å².